The third-order valence-electron chi connectivity index (χ3n) is 6.21. The molecule has 2 amide bonds. The zero-order valence-corrected chi connectivity index (χ0v) is 22.0. The van der Waals surface area contributed by atoms with Crippen molar-refractivity contribution in [3.63, 3.8) is 0 Å². The molecule has 10 heteroatoms. The average molecular weight is 578 g/mol. The fourth-order valence-electron chi connectivity index (χ4n) is 4.31. The lowest BCUT2D eigenvalue weighted by Crippen LogP contribution is -2.45. The number of carbonyl (C=O) groups excluding carboxylic acids is 3. The highest BCUT2D eigenvalue weighted by atomic mass is 79.9. The van der Waals surface area contributed by atoms with Crippen LogP contribution in [0.5, 0.6) is 17.2 Å². The van der Waals surface area contributed by atoms with E-state index in [-0.39, 0.29) is 27.9 Å². The summed E-state index contributed by atoms with van der Waals surface area (Å²) in [5.41, 5.74) is 0.410. The smallest absolute Gasteiger partial charge is 0.334 e. The van der Waals surface area contributed by atoms with Gasteiger partial charge in [0.25, 0.3) is 11.8 Å². The van der Waals surface area contributed by atoms with Crippen molar-refractivity contribution in [2.24, 2.45) is 0 Å². The molecular weight excluding hydrogens is 558 g/mol. The Kier molecular flexibility index (Phi) is 6.50. The molecule has 0 N–H and O–H groups in total. The molecule has 1 atom stereocenters. The third-order valence-corrected chi connectivity index (χ3v) is 6.80. The van der Waals surface area contributed by atoms with Crippen molar-refractivity contribution >= 4 is 44.7 Å². The van der Waals surface area contributed by atoms with Gasteiger partial charge in [-0.15, -0.1) is 0 Å². The highest BCUT2D eigenvalue weighted by molar-refractivity contribution is 9.10. The summed E-state index contributed by atoms with van der Waals surface area (Å²) >= 11 is 3.42. The fraction of sp³-hybridized carbons (Fsp3) is 0.143. The normalized spacial score (nSPS) is 13.4. The number of amides is 2. The predicted octanol–water partition coefficient (Wildman–Crippen LogP) is 4.83. The molecule has 0 spiro atoms. The summed E-state index contributed by atoms with van der Waals surface area (Å²) in [6, 6.07) is 14.7. The molecule has 1 aliphatic heterocycles. The van der Waals surface area contributed by atoms with Gasteiger partial charge in [0.1, 0.15) is 11.6 Å². The quantitative estimate of drug-likeness (QED) is 0.236. The van der Waals surface area contributed by atoms with E-state index in [1.807, 2.05) is 0 Å². The summed E-state index contributed by atoms with van der Waals surface area (Å²) in [6.07, 6.45) is 0. The van der Waals surface area contributed by atoms with Crippen molar-refractivity contribution in [2.75, 3.05) is 14.2 Å². The number of hydrogen-bond donors (Lipinski definition) is 0. The molecule has 4 aromatic rings. The Hall–Kier alpha value is -4.44. The number of ether oxygens (including phenoxy) is 3. The zero-order chi connectivity index (χ0) is 27.1. The monoisotopic (exact) mass is 577 g/mol. The van der Waals surface area contributed by atoms with Gasteiger partial charge in [0.2, 0.25) is 11.2 Å². The molecule has 192 valence electrons. The Morgan fingerprint density at radius 3 is 2.16 bits per heavy atom. The van der Waals surface area contributed by atoms with Gasteiger partial charge < -0.3 is 18.6 Å². The molecule has 1 aromatic heterocycles. The predicted molar refractivity (Wildman–Crippen MR) is 141 cm³/mol. The molecule has 9 nitrogen and oxygen atoms in total. The molecule has 3 aromatic carbocycles. The minimum atomic E-state index is -1.32. The minimum Gasteiger partial charge on any atom is -0.493 e. The van der Waals surface area contributed by atoms with Crippen LogP contribution in [-0.4, -0.2) is 42.9 Å². The molecule has 0 aliphatic carbocycles. The number of para-hydroxylation sites is 1. The fourth-order valence-corrected chi connectivity index (χ4v) is 4.91. The molecule has 1 aliphatic rings. The van der Waals surface area contributed by atoms with E-state index in [0.29, 0.717) is 21.5 Å². The Bertz CT molecular complexity index is 1660. The van der Waals surface area contributed by atoms with E-state index in [0.717, 1.165) is 4.90 Å². The molecule has 1 unspecified atom stereocenters. The molecule has 0 saturated heterocycles. The van der Waals surface area contributed by atoms with Crippen molar-refractivity contribution in [3.8, 4) is 28.6 Å². The minimum absolute atomic E-state index is 0.0433. The van der Waals surface area contributed by atoms with Crippen LogP contribution in [0.15, 0.2) is 74.3 Å². The lowest BCUT2D eigenvalue weighted by atomic mass is 10.1. The number of methoxy groups -OCH3 is 2. The maximum absolute atomic E-state index is 13.5. The first-order valence-corrected chi connectivity index (χ1v) is 12.2. The molecule has 0 saturated carbocycles. The standard InChI is InChI=1S/C28H20BrNO8/c1-14(30-26(32)16-8-4-5-9-17(16)27(30)33)28(34)38-25-22(31)18-10-6-7-11-20(18)37-23(25)15-12-19(29)24(36-3)21(13-15)35-2/h4-14H,1-3H3. The lowest BCUT2D eigenvalue weighted by molar-refractivity contribution is -0.138. The van der Waals surface area contributed by atoms with E-state index in [1.165, 1.54) is 33.3 Å². The number of halogens is 1. The molecule has 5 rings (SSSR count). The van der Waals surface area contributed by atoms with E-state index >= 15 is 0 Å². The molecule has 0 radical (unpaired) electrons. The number of benzene rings is 3. The second kappa shape index (κ2) is 9.79. The Morgan fingerprint density at radius 1 is 0.895 bits per heavy atom. The van der Waals surface area contributed by atoms with Gasteiger partial charge in [0, 0.05) is 5.56 Å². The Balaban J connectivity index is 1.60. The number of rotatable bonds is 6. The number of imide groups is 1. The van der Waals surface area contributed by atoms with Crippen LogP contribution in [0.3, 0.4) is 0 Å². The van der Waals surface area contributed by atoms with Crippen LogP contribution in [-0.2, 0) is 4.79 Å². The van der Waals surface area contributed by atoms with Crippen LogP contribution < -0.4 is 19.6 Å². The highest BCUT2D eigenvalue weighted by Crippen LogP contribution is 2.42. The van der Waals surface area contributed by atoms with Gasteiger partial charge >= 0.3 is 5.97 Å². The van der Waals surface area contributed by atoms with Crippen LogP contribution in [0.25, 0.3) is 22.3 Å². The van der Waals surface area contributed by atoms with Crippen molar-refractivity contribution in [3.05, 3.63) is 86.5 Å². The Morgan fingerprint density at radius 2 is 1.53 bits per heavy atom. The van der Waals surface area contributed by atoms with E-state index in [9.17, 15) is 19.2 Å². The van der Waals surface area contributed by atoms with Gasteiger partial charge in [-0.3, -0.25) is 19.3 Å². The lowest BCUT2D eigenvalue weighted by Gasteiger charge is -2.21. The molecule has 38 heavy (non-hydrogen) atoms. The molecular formula is C28H20BrNO8. The van der Waals surface area contributed by atoms with E-state index in [2.05, 4.69) is 15.9 Å². The number of esters is 1. The second-order valence-electron chi connectivity index (χ2n) is 8.40. The van der Waals surface area contributed by atoms with E-state index < -0.39 is 35.0 Å². The van der Waals surface area contributed by atoms with Crippen LogP contribution >= 0.6 is 15.9 Å². The number of nitrogens with zero attached hydrogens (tertiary/aromatic N) is 1. The SMILES string of the molecule is COc1cc(-c2oc3ccccc3c(=O)c2OC(=O)C(C)N2C(=O)c3ccccc3C2=O)cc(Br)c1OC. The largest absolute Gasteiger partial charge is 0.493 e. The van der Waals surface area contributed by atoms with Gasteiger partial charge in [0.15, 0.2) is 17.3 Å². The van der Waals surface area contributed by atoms with Gasteiger partial charge in [-0.25, -0.2) is 4.79 Å². The summed E-state index contributed by atoms with van der Waals surface area (Å²) in [5, 5.41) is 0.187. The van der Waals surface area contributed by atoms with Crippen molar-refractivity contribution in [2.45, 2.75) is 13.0 Å². The van der Waals surface area contributed by atoms with Gasteiger partial charge in [0.05, 0.1) is 35.2 Å². The first kappa shape index (κ1) is 25.2. The molecule has 0 fully saturated rings. The Labute approximate surface area is 224 Å². The third kappa shape index (κ3) is 4.03. The summed E-state index contributed by atoms with van der Waals surface area (Å²) < 4.78 is 22.9. The average Bonchev–Trinajstić information content (AvgIpc) is 3.18. The first-order valence-electron chi connectivity index (χ1n) is 11.4. The highest BCUT2D eigenvalue weighted by Gasteiger charge is 2.41. The molecule has 2 heterocycles. The summed E-state index contributed by atoms with van der Waals surface area (Å²) in [7, 11) is 2.93. The van der Waals surface area contributed by atoms with E-state index in [4.69, 9.17) is 18.6 Å². The van der Waals surface area contributed by atoms with Crippen LogP contribution in [0.1, 0.15) is 27.6 Å². The number of hydrogen-bond acceptors (Lipinski definition) is 8. The summed E-state index contributed by atoms with van der Waals surface area (Å²) in [5.74, 6) is -1.91. The van der Waals surface area contributed by atoms with Crippen LogP contribution in [0.2, 0.25) is 0 Å². The van der Waals surface area contributed by atoms with Crippen molar-refractivity contribution in [1.82, 2.24) is 4.90 Å². The topological polar surface area (TPSA) is 112 Å². The van der Waals surface area contributed by atoms with Crippen LogP contribution in [0.4, 0.5) is 0 Å². The van der Waals surface area contributed by atoms with Gasteiger partial charge in [-0.1, -0.05) is 24.3 Å². The maximum atomic E-state index is 13.5. The zero-order valence-electron chi connectivity index (χ0n) is 20.4. The maximum Gasteiger partial charge on any atom is 0.334 e. The van der Waals surface area contributed by atoms with Crippen molar-refractivity contribution in [1.29, 1.82) is 0 Å². The summed E-state index contributed by atoms with van der Waals surface area (Å²) in [4.78, 5) is 53.4. The number of fused-ring (bicyclic) bond motifs is 2. The van der Waals surface area contributed by atoms with Gasteiger partial charge in [-0.05, 0) is 59.3 Å². The first-order chi connectivity index (χ1) is 18.3. The van der Waals surface area contributed by atoms with Gasteiger partial charge in [-0.2, -0.15) is 0 Å². The summed E-state index contributed by atoms with van der Waals surface area (Å²) in [6.45, 7) is 1.36. The molecule has 0 bridgehead atoms. The second-order valence-corrected chi connectivity index (χ2v) is 9.26. The van der Waals surface area contributed by atoms with E-state index in [1.54, 1.807) is 48.5 Å². The number of carbonyl (C=O) groups is 3. The van der Waals surface area contributed by atoms with Crippen molar-refractivity contribution < 1.29 is 33.0 Å². The van der Waals surface area contributed by atoms with Crippen LogP contribution in [0, 0.1) is 0 Å².